The summed E-state index contributed by atoms with van der Waals surface area (Å²) in [6, 6.07) is 0. The minimum absolute atomic E-state index is 0.205. The van der Waals surface area contributed by atoms with Gasteiger partial charge >= 0.3 is 5.69 Å². The van der Waals surface area contributed by atoms with Crippen molar-refractivity contribution in [3.63, 3.8) is 0 Å². The van der Waals surface area contributed by atoms with E-state index < -0.39 is 0 Å². The van der Waals surface area contributed by atoms with E-state index >= 15 is 0 Å². The quantitative estimate of drug-likeness (QED) is 0.671. The van der Waals surface area contributed by atoms with Crippen molar-refractivity contribution in [3.05, 3.63) is 27.4 Å². The third-order valence-electron chi connectivity index (χ3n) is 2.31. The molecule has 2 rings (SSSR count). The van der Waals surface area contributed by atoms with Crippen LogP contribution < -0.4 is 5.69 Å². The van der Waals surface area contributed by atoms with Gasteiger partial charge in [0.05, 0.1) is 5.69 Å². The van der Waals surface area contributed by atoms with E-state index in [0.29, 0.717) is 0 Å². The topological polar surface area (TPSA) is 45.8 Å². The lowest BCUT2D eigenvalue weighted by Crippen LogP contribution is -2.17. The van der Waals surface area contributed by atoms with Crippen molar-refractivity contribution in [2.75, 3.05) is 11.5 Å². The van der Waals surface area contributed by atoms with Crippen molar-refractivity contribution in [2.24, 2.45) is 0 Å². The summed E-state index contributed by atoms with van der Waals surface area (Å²) in [6.07, 6.45) is 1.97. The predicted molar refractivity (Wildman–Crippen MR) is 54.3 cm³/mol. The van der Waals surface area contributed by atoms with Crippen LogP contribution in [0.3, 0.4) is 0 Å². The van der Waals surface area contributed by atoms with Gasteiger partial charge in [0.15, 0.2) is 0 Å². The lowest BCUT2D eigenvalue weighted by molar-refractivity contribution is 0.890. The first-order chi connectivity index (χ1) is 6.27. The van der Waals surface area contributed by atoms with Crippen molar-refractivity contribution < 1.29 is 0 Å². The SMILES string of the molecule is Cc1[nH]c(=O)nc2c1CCSCC2. The Kier molecular flexibility index (Phi) is 2.40. The molecular weight excluding hydrogens is 184 g/mol. The summed E-state index contributed by atoms with van der Waals surface area (Å²) >= 11 is 1.93. The van der Waals surface area contributed by atoms with E-state index in [9.17, 15) is 4.79 Å². The highest BCUT2D eigenvalue weighted by Gasteiger charge is 2.12. The molecule has 0 amide bonds. The maximum atomic E-state index is 11.1. The molecule has 0 aliphatic carbocycles. The van der Waals surface area contributed by atoms with E-state index in [-0.39, 0.29) is 5.69 Å². The molecule has 1 aliphatic rings. The average molecular weight is 196 g/mol. The monoisotopic (exact) mass is 196 g/mol. The molecule has 0 spiro atoms. The molecule has 1 N–H and O–H groups in total. The molecule has 0 unspecified atom stereocenters. The molecule has 0 saturated heterocycles. The van der Waals surface area contributed by atoms with E-state index in [1.54, 1.807) is 0 Å². The molecule has 0 bridgehead atoms. The largest absolute Gasteiger partial charge is 0.345 e. The number of hydrogen-bond acceptors (Lipinski definition) is 3. The number of nitrogens with zero attached hydrogens (tertiary/aromatic N) is 1. The molecular formula is C9H12N2OS. The van der Waals surface area contributed by atoms with Gasteiger partial charge in [-0.15, -0.1) is 0 Å². The van der Waals surface area contributed by atoms with Crippen LogP contribution in [0, 0.1) is 6.92 Å². The van der Waals surface area contributed by atoms with Crippen molar-refractivity contribution in [1.82, 2.24) is 9.97 Å². The zero-order valence-corrected chi connectivity index (χ0v) is 8.41. The normalized spacial score (nSPS) is 16.4. The first-order valence-electron chi connectivity index (χ1n) is 4.44. The average Bonchev–Trinajstić information content (AvgIpc) is 2.28. The number of aromatic nitrogens is 2. The molecule has 1 aliphatic heterocycles. The molecule has 2 heterocycles. The van der Waals surface area contributed by atoms with E-state index in [4.69, 9.17) is 0 Å². The Labute approximate surface area is 81.0 Å². The second-order valence-electron chi connectivity index (χ2n) is 3.20. The maximum absolute atomic E-state index is 11.1. The van der Waals surface area contributed by atoms with Crippen LogP contribution in [0.25, 0.3) is 0 Å². The Morgan fingerprint density at radius 2 is 2.15 bits per heavy atom. The number of thioether (sulfide) groups is 1. The number of H-pyrrole nitrogens is 1. The second kappa shape index (κ2) is 3.54. The molecule has 0 aromatic carbocycles. The van der Waals surface area contributed by atoms with Crippen LogP contribution in [0.1, 0.15) is 17.0 Å². The first-order valence-corrected chi connectivity index (χ1v) is 5.59. The van der Waals surface area contributed by atoms with Crippen molar-refractivity contribution in [3.8, 4) is 0 Å². The van der Waals surface area contributed by atoms with Gasteiger partial charge in [0.1, 0.15) is 0 Å². The highest BCUT2D eigenvalue weighted by Crippen LogP contribution is 2.18. The molecule has 70 valence electrons. The second-order valence-corrected chi connectivity index (χ2v) is 4.43. The molecule has 0 radical (unpaired) electrons. The van der Waals surface area contributed by atoms with Gasteiger partial charge in [-0.3, -0.25) is 0 Å². The van der Waals surface area contributed by atoms with Crippen LogP contribution in [0.5, 0.6) is 0 Å². The van der Waals surface area contributed by atoms with Crippen LogP contribution in [-0.2, 0) is 12.8 Å². The van der Waals surface area contributed by atoms with Crippen molar-refractivity contribution in [1.29, 1.82) is 0 Å². The molecule has 3 nitrogen and oxygen atoms in total. The van der Waals surface area contributed by atoms with Crippen LogP contribution in [0.2, 0.25) is 0 Å². The molecule has 1 aromatic heterocycles. The first kappa shape index (κ1) is 8.81. The number of hydrogen-bond donors (Lipinski definition) is 1. The minimum Gasteiger partial charge on any atom is -0.310 e. The maximum Gasteiger partial charge on any atom is 0.345 e. The van der Waals surface area contributed by atoms with Crippen LogP contribution >= 0.6 is 11.8 Å². The van der Waals surface area contributed by atoms with Gasteiger partial charge in [0.25, 0.3) is 0 Å². The predicted octanol–water partition coefficient (Wildman–Crippen LogP) is 0.910. The number of aryl methyl sites for hydroxylation is 2. The van der Waals surface area contributed by atoms with E-state index in [1.807, 2.05) is 18.7 Å². The molecule has 0 fully saturated rings. The Morgan fingerprint density at radius 1 is 1.38 bits per heavy atom. The lowest BCUT2D eigenvalue weighted by Gasteiger charge is -2.05. The molecule has 0 saturated carbocycles. The van der Waals surface area contributed by atoms with Gasteiger partial charge in [-0.2, -0.15) is 16.7 Å². The summed E-state index contributed by atoms with van der Waals surface area (Å²) in [5.41, 5.74) is 3.05. The fourth-order valence-corrected chi connectivity index (χ4v) is 2.54. The Bertz CT molecular complexity index is 372. The summed E-state index contributed by atoms with van der Waals surface area (Å²) in [5.74, 6) is 2.23. The fraction of sp³-hybridized carbons (Fsp3) is 0.556. The minimum atomic E-state index is -0.205. The van der Waals surface area contributed by atoms with E-state index in [0.717, 1.165) is 35.7 Å². The van der Waals surface area contributed by atoms with Gasteiger partial charge in [-0.25, -0.2) is 4.79 Å². The molecule has 13 heavy (non-hydrogen) atoms. The molecule has 1 aromatic rings. The number of nitrogens with one attached hydrogen (secondary N) is 1. The highest BCUT2D eigenvalue weighted by molar-refractivity contribution is 7.99. The zero-order valence-electron chi connectivity index (χ0n) is 7.59. The summed E-state index contributed by atoms with van der Waals surface area (Å²) in [4.78, 5) is 17.9. The van der Waals surface area contributed by atoms with Gasteiger partial charge in [0.2, 0.25) is 0 Å². The molecule has 4 heteroatoms. The van der Waals surface area contributed by atoms with Crippen LogP contribution in [-0.4, -0.2) is 21.5 Å². The Hall–Kier alpha value is -0.770. The van der Waals surface area contributed by atoms with Crippen molar-refractivity contribution in [2.45, 2.75) is 19.8 Å². The molecule has 0 atom stereocenters. The van der Waals surface area contributed by atoms with Gasteiger partial charge in [-0.1, -0.05) is 0 Å². The third-order valence-corrected chi connectivity index (χ3v) is 3.30. The lowest BCUT2D eigenvalue weighted by atomic mass is 10.1. The summed E-state index contributed by atoms with van der Waals surface area (Å²) < 4.78 is 0. The van der Waals surface area contributed by atoms with Crippen molar-refractivity contribution >= 4 is 11.8 Å². The Balaban J connectivity index is 2.53. The van der Waals surface area contributed by atoms with E-state index in [2.05, 4.69) is 9.97 Å². The summed E-state index contributed by atoms with van der Waals surface area (Å²) in [7, 11) is 0. The standard InChI is InChI=1S/C9H12N2OS/c1-6-7-2-4-13-5-3-8(7)11-9(12)10-6/h2-5H2,1H3,(H,10,11,12). The Morgan fingerprint density at radius 3 is 3.00 bits per heavy atom. The smallest absolute Gasteiger partial charge is 0.310 e. The van der Waals surface area contributed by atoms with Gasteiger partial charge < -0.3 is 4.98 Å². The number of rotatable bonds is 0. The number of aromatic amines is 1. The highest BCUT2D eigenvalue weighted by atomic mass is 32.2. The summed E-state index contributed by atoms with van der Waals surface area (Å²) in [6.45, 7) is 1.96. The van der Waals surface area contributed by atoms with E-state index in [1.165, 1.54) is 5.56 Å². The van der Waals surface area contributed by atoms with Crippen LogP contribution in [0.4, 0.5) is 0 Å². The third kappa shape index (κ3) is 1.77. The van der Waals surface area contributed by atoms with Gasteiger partial charge in [-0.05, 0) is 36.8 Å². The summed E-state index contributed by atoms with van der Waals surface area (Å²) in [5, 5.41) is 0. The zero-order chi connectivity index (χ0) is 9.26. The van der Waals surface area contributed by atoms with Crippen LogP contribution in [0.15, 0.2) is 4.79 Å². The van der Waals surface area contributed by atoms with Gasteiger partial charge in [0, 0.05) is 5.69 Å². The fourth-order valence-electron chi connectivity index (χ4n) is 1.65. The number of fused-ring (bicyclic) bond motifs is 1.